The summed E-state index contributed by atoms with van der Waals surface area (Å²) in [4.78, 5) is 14.2. The molecule has 0 aromatic heterocycles. The van der Waals surface area contributed by atoms with Gasteiger partial charge in [-0.15, -0.1) is 11.8 Å². The van der Waals surface area contributed by atoms with E-state index in [4.69, 9.17) is 28.3 Å². The Morgan fingerprint density at radius 1 is 1.45 bits per heavy atom. The molecule has 2 rings (SSSR count). The molecule has 2 atom stereocenters. The molecule has 0 bridgehead atoms. The SMILES string of the molecule is CC1CN(CCSc2cc(Cl)ccc2Cl)CC1C(=O)O. The summed E-state index contributed by atoms with van der Waals surface area (Å²) in [5.41, 5.74) is 0. The Morgan fingerprint density at radius 3 is 2.85 bits per heavy atom. The fourth-order valence-electron chi connectivity index (χ4n) is 2.44. The van der Waals surface area contributed by atoms with Gasteiger partial charge in [-0.05, 0) is 24.1 Å². The second-order valence-electron chi connectivity index (χ2n) is 5.10. The maximum Gasteiger partial charge on any atom is 0.308 e. The number of hydrogen-bond acceptors (Lipinski definition) is 3. The van der Waals surface area contributed by atoms with Crippen molar-refractivity contribution in [3.05, 3.63) is 28.2 Å². The highest BCUT2D eigenvalue weighted by molar-refractivity contribution is 7.99. The first kappa shape index (κ1) is 16.0. The number of carbonyl (C=O) groups is 1. The van der Waals surface area contributed by atoms with Crippen LogP contribution in [-0.2, 0) is 4.79 Å². The summed E-state index contributed by atoms with van der Waals surface area (Å²) < 4.78 is 0. The Kier molecular flexibility index (Phi) is 5.61. The van der Waals surface area contributed by atoms with Crippen molar-refractivity contribution in [2.45, 2.75) is 11.8 Å². The molecule has 1 N–H and O–H groups in total. The van der Waals surface area contributed by atoms with Gasteiger partial charge in [0.1, 0.15) is 0 Å². The van der Waals surface area contributed by atoms with Crippen LogP contribution in [0.2, 0.25) is 10.0 Å². The van der Waals surface area contributed by atoms with Crippen LogP contribution in [0.4, 0.5) is 0 Å². The predicted molar refractivity (Wildman–Crippen MR) is 83.9 cm³/mol. The number of halogens is 2. The minimum absolute atomic E-state index is 0.215. The van der Waals surface area contributed by atoms with Crippen LogP contribution < -0.4 is 0 Å². The summed E-state index contributed by atoms with van der Waals surface area (Å²) in [6, 6.07) is 5.43. The molecule has 6 heteroatoms. The third-order valence-electron chi connectivity index (χ3n) is 3.56. The normalized spacial score (nSPS) is 23.1. The van der Waals surface area contributed by atoms with Crippen LogP contribution in [0.1, 0.15) is 6.92 Å². The number of likely N-dealkylation sites (tertiary alicyclic amines) is 1. The monoisotopic (exact) mass is 333 g/mol. The van der Waals surface area contributed by atoms with E-state index in [-0.39, 0.29) is 11.8 Å². The van der Waals surface area contributed by atoms with Crippen molar-refractivity contribution in [1.82, 2.24) is 4.90 Å². The molecule has 0 aliphatic carbocycles. The van der Waals surface area contributed by atoms with E-state index >= 15 is 0 Å². The molecule has 1 aliphatic rings. The number of nitrogens with zero attached hydrogens (tertiary/aromatic N) is 1. The lowest BCUT2D eigenvalue weighted by molar-refractivity contribution is -0.142. The standard InChI is InChI=1S/C14H17Cl2NO2S/c1-9-7-17(8-11(9)14(18)19)4-5-20-13-6-10(15)2-3-12(13)16/h2-3,6,9,11H,4-5,7-8H2,1H3,(H,18,19). The Labute approximate surface area is 133 Å². The fourth-order valence-corrected chi connectivity index (χ4v) is 3.95. The zero-order chi connectivity index (χ0) is 14.7. The maximum absolute atomic E-state index is 11.1. The number of carboxylic acids is 1. The molecule has 1 aromatic carbocycles. The van der Waals surface area contributed by atoms with Gasteiger partial charge in [-0.25, -0.2) is 0 Å². The summed E-state index contributed by atoms with van der Waals surface area (Å²) in [5, 5.41) is 10.5. The van der Waals surface area contributed by atoms with E-state index < -0.39 is 5.97 Å². The van der Waals surface area contributed by atoms with Crippen LogP contribution in [0.25, 0.3) is 0 Å². The molecule has 1 aliphatic heterocycles. The van der Waals surface area contributed by atoms with Crippen LogP contribution in [-0.4, -0.2) is 41.4 Å². The van der Waals surface area contributed by atoms with E-state index in [1.54, 1.807) is 23.9 Å². The average molecular weight is 334 g/mol. The van der Waals surface area contributed by atoms with Gasteiger partial charge in [0.25, 0.3) is 0 Å². The zero-order valence-corrected chi connectivity index (χ0v) is 13.5. The number of benzene rings is 1. The van der Waals surface area contributed by atoms with E-state index in [1.807, 2.05) is 13.0 Å². The fraction of sp³-hybridized carbons (Fsp3) is 0.500. The molecule has 3 nitrogen and oxygen atoms in total. The Hall–Kier alpha value is -0.420. The van der Waals surface area contributed by atoms with Crippen molar-refractivity contribution in [2.75, 3.05) is 25.4 Å². The summed E-state index contributed by atoms with van der Waals surface area (Å²) in [7, 11) is 0. The molecule has 2 unspecified atom stereocenters. The third-order valence-corrected chi connectivity index (χ3v) is 5.28. The average Bonchev–Trinajstić information content (AvgIpc) is 2.75. The first-order chi connectivity index (χ1) is 9.47. The van der Waals surface area contributed by atoms with Crippen molar-refractivity contribution in [3.8, 4) is 0 Å². The van der Waals surface area contributed by atoms with E-state index in [9.17, 15) is 4.79 Å². The minimum atomic E-state index is -0.689. The molecule has 0 amide bonds. The summed E-state index contributed by atoms with van der Waals surface area (Å²) in [6.07, 6.45) is 0. The third kappa shape index (κ3) is 4.04. The lowest BCUT2D eigenvalue weighted by Gasteiger charge is -2.15. The lowest BCUT2D eigenvalue weighted by Crippen LogP contribution is -2.25. The van der Waals surface area contributed by atoms with Crippen LogP contribution in [0.5, 0.6) is 0 Å². The first-order valence-electron chi connectivity index (χ1n) is 6.50. The molecule has 1 fully saturated rings. The smallest absolute Gasteiger partial charge is 0.308 e. The minimum Gasteiger partial charge on any atom is -0.481 e. The molecule has 1 saturated heterocycles. The number of thioether (sulfide) groups is 1. The highest BCUT2D eigenvalue weighted by Crippen LogP contribution is 2.30. The van der Waals surface area contributed by atoms with Crippen molar-refractivity contribution >= 4 is 40.9 Å². The van der Waals surface area contributed by atoms with Gasteiger partial charge in [0.15, 0.2) is 0 Å². The Morgan fingerprint density at radius 2 is 2.20 bits per heavy atom. The molecular formula is C14H17Cl2NO2S. The van der Waals surface area contributed by atoms with Gasteiger partial charge < -0.3 is 10.0 Å². The van der Waals surface area contributed by atoms with Gasteiger partial charge >= 0.3 is 5.97 Å². The number of rotatable bonds is 5. The van der Waals surface area contributed by atoms with Crippen molar-refractivity contribution in [1.29, 1.82) is 0 Å². The van der Waals surface area contributed by atoms with Gasteiger partial charge in [0, 0.05) is 35.3 Å². The Bertz CT molecular complexity index is 498. The maximum atomic E-state index is 11.1. The predicted octanol–water partition coefficient (Wildman–Crippen LogP) is 3.74. The molecule has 0 saturated carbocycles. The van der Waals surface area contributed by atoms with Crippen LogP contribution in [0.15, 0.2) is 23.1 Å². The van der Waals surface area contributed by atoms with Gasteiger partial charge in [-0.2, -0.15) is 0 Å². The summed E-state index contributed by atoms with van der Waals surface area (Å²) >= 11 is 13.7. The topological polar surface area (TPSA) is 40.5 Å². The van der Waals surface area contributed by atoms with Gasteiger partial charge in [-0.1, -0.05) is 30.1 Å². The van der Waals surface area contributed by atoms with E-state index in [0.717, 1.165) is 23.7 Å². The molecule has 0 spiro atoms. The number of carboxylic acid groups (broad SMARTS) is 1. The quantitative estimate of drug-likeness (QED) is 0.833. The van der Waals surface area contributed by atoms with Gasteiger partial charge in [0.2, 0.25) is 0 Å². The molecule has 20 heavy (non-hydrogen) atoms. The van der Waals surface area contributed by atoms with E-state index in [0.29, 0.717) is 16.6 Å². The molecule has 1 aromatic rings. The second kappa shape index (κ2) is 7.03. The summed E-state index contributed by atoms with van der Waals surface area (Å²) in [5.74, 6) is 0.159. The zero-order valence-electron chi connectivity index (χ0n) is 11.2. The number of hydrogen-bond donors (Lipinski definition) is 1. The number of aliphatic carboxylic acids is 1. The highest BCUT2D eigenvalue weighted by Gasteiger charge is 2.34. The van der Waals surface area contributed by atoms with E-state index in [2.05, 4.69) is 4.90 Å². The first-order valence-corrected chi connectivity index (χ1v) is 8.24. The van der Waals surface area contributed by atoms with Crippen molar-refractivity contribution in [2.24, 2.45) is 11.8 Å². The van der Waals surface area contributed by atoms with Gasteiger partial charge in [-0.3, -0.25) is 4.79 Å². The molecular weight excluding hydrogens is 317 g/mol. The van der Waals surface area contributed by atoms with Crippen molar-refractivity contribution in [3.63, 3.8) is 0 Å². The largest absolute Gasteiger partial charge is 0.481 e. The second-order valence-corrected chi connectivity index (χ2v) is 7.09. The van der Waals surface area contributed by atoms with E-state index in [1.165, 1.54) is 0 Å². The molecule has 110 valence electrons. The summed E-state index contributed by atoms with van der Waals surface area (Å²) in [6.45, 7) is 4.35. The van der Waals surface area contributed by atoms with Crippen LogP contribution >= 0.6 is 35.0 Å². The van der Waals surface area contributed by atoms with Gasteiger partial charge in [0.05, 0.1) is 10.9 Å². The lowest BCUT2D eigenvalue weighted by atomic mass is 9.99. The molecule has 1 heterocycles. The van der Waals surface area contributed by atoms with Crippen molar-refractivity contribution < 1.29 is 9.90 Å². The van der Waals surface area contributed by atoms with Crippen LogP contribution in [0.3, 0.4) is 0 Å². The highest BCUT2D eigenvalue weighted by atomic mass is 35.5. The van der Waals surface area contributed by atoms with Crippen LogP contribution in [0, 0.1) is 11.8 Å². The molecule has 0 radical (unpaired) electrons. The Balaban J connectivity index is 1.82.